The first-order valence-electron chi connectivity index (χ1n) is 6.32. The van der Waals surface area contributed by atoms with Gasteiger partial charge in [0.2, 0.25) is 0 Å². The van der Waals surface area contributed by atoms with Crippen molar-refractivity contribution in [2.75, 3.05) is 0 Å². The fourth-order valence-corrected chi connectivity index (χ4v) is 2.90. The van der Waals surface area contributed by atoms with Gasteiger partial charge in [0.1, 0.15) is 0 Å². The number of aliphatic carboxylic acids is 1. The summed E-state index contributed by atoms with van der Waals surface area (Å²) < 4.78 is 0.920. The number of carboxylic acids is 1. The van der Waals surface area contributed by atoms with Crippen LogP contribution in [0.25, 0.3) is 22.2 Å². The molecular weight excluding hydrogens is 354 g/mol. The first kappa shape index (κ1) is 14.2. The third-order valence-electron chi connectivity index (χ3n) is 3.33. The molecule has 0 aliphatic carbocycles. The fourth-order valence-electron chi connectivity index (χ4n) is 2.42. The van der Waals surface area contributed by atoms with Crippen LogP contribution in [0.3, 0.4) is 0 Å². The smallest absolute Gasteiger partial charge is 0.307 e. The van der Waals surface area contributed by atoms with E-state index in [4.69, 9.17) is 11.6 Å². The van der Waals surface area contributed by atoms with Crippen LogP contribution in [0.4, 0.5) is 0 Å². The Balaban J connectivity index is 2.25. The second kappa shape index (κ2) is 5.54. The lowest BCUT2D eigenvalue weighted by Gasteiger charge is -2.03. The van der Waals surface area contributed by atoms with Crippen molar-refractivity contribution >= 4 is 44.4 Å². The van der Waals surface area contributed by atoms with E-state index in [2.05, 4.69) is 20.9 Å². The zero-order valence-electron chi connectivity index (χ0n) is 10.9. The van der Waals surface area contributed by atoms with Crippen LogP contribution in [-0.2, 0) is 11.2 Å². The molecule has 0 radical (unpaired) electrons. The molecule has 0 atom stereocenters. The lowest BCUT2D eigenvalue weighted by Crippen LogP contribution is -2.00. The van der Waals surface area contributed by atoms with E-state index in [1.54, 1.807) is 12.1 Å². The van der Waals surface area contributed by atoms with Crippen LogP contribution in [-0.4, -0.2) is 16.1 Å². The Morgan fingerprint density at radius 3 is 2.57 bits per heavy atom. The molecule has 2 N–H and O–H groups in total. The molecular formula is C16H11BrClNO2. The van der Waals surface area contributed by atoms with Gasteiger partial charge in [-0.1, -0.05) is 39.7 Å². The Morgan fingerprint density at radius 1 is 1.19 bits per heavy atom. The molecule has 0 unspecified atom stereocenters. The number of hydrogen-bond acceptors (Lipinski definition) is 1. The molecule has 0 aliphatic heterocycles. The molecule has 0 bridgehead atoms. The highest BCUT2D eigenvalue weighted by Crippen LogP contribution is 2.33. The van der Waals surface area contributed by atoms with Crippen molar-refractivity contribution in [1.29, 1.82) is 0 Å². The molecule has 0 saturated carbocycles. The number of carbonyl (C=O) groups is 1. The molecule has 3 rings (SSSR count). The molecule has 1 heterocycles. The highest BCUT2D eigenvalue weighted by molar-refractivity contribution is 9.10. The zero-order chi connectivity index (χ0) is 15.0. The lowest BCUT2D eigenvalue weighted by atomic mass is 10.0. The van der Waals surface area contributed by atoms with Crippen LogP contribution >= 0.6 is 27.5 Å². The summed E-state index contributed by atoms with van der Waals surface area (Å²) in [5.74, 6) is -0.855. The maximum atomic E-state index is 11.2. The van der Waals surface area contributed by atoms with E-state index in [9.17, 15) is 9.90 Å². The second-order valence-corrected chi connectivity index (χ2v) is 6.10. The Labute approximate surface area is 134 Å². The van der Waals surface area contributed by atoms with E-state index in [-0.39, 0.29) is 6.42 Å². The van der Waals surface area contributed by atoms with E-state index in [0.717, 1.165) is 32.2 Å². The van der Waals surface area contributed by atoms with Crippen LogP contribution in [0.2, 0.25) is 5.02 Å². The maximum Gasteiger partial charge on any atom is 0.307 e. The van der Waals surface area contributed by atoms with Gasteiger partial charge in [-0.15, -0.1) is 0 Å². The summed E-state index contributed by atoms with van der Waals surface area (Å²) in [5.41, 5.74) is 3.44. The molecule has 0 amide bonds. The number of fused-ring (bicyclic) bond motifs is 1. The molecule has 21 heavy (non-hydrogen) atoms. The van der Waals surface area contributed by atoms with Crippen LogP contribution in [0.1, 0.15) is 5.56 Å². The summed E-state index contributed by atoms with van der Waals surface area (Å²) in [4.78, 5) is 14.5. The van der Waals surface area contributed by atoms with Gasteiger partial charge in [0.25, 0.3) is 0 Å². The van der Waals surface area contributed by atoms with Gasteiger partial charge in [-0.2, -0.15) is 0 Å². The molecule has 2 aromatic carbocycles. The van der Waals surface area contributed by atoms with Gasteiger partial charge in [-0.25, -0.2) is 0 Å². The van der Waals surface area contributed by atoms with Crippen molar-refractivity contribution in [3.63, 3.8) is 0 Å². The van der Waals surface area contributed by atoms with Crippen molar-refractivity contribution in [1.82, 2.24) is 4.98 Å². The number of nitrogens with one attached hydrogen (secondary N) is 1. The van der Waals surface area contributed by atoms with Gasteiger partial charge in [-0.3, -0.25) is 4.79 Å². The first-order chi connectivity index (χ1) is 10.0. The molecule has 3 nitrogen and oxygen atoms in total. The van der Waals surface area contributed by atoms with Crippen LogP contribution in [0, 0.1) is 0 Å². The van der Waals surface area contributed by atoms with Crippen molar-refractivity contribution in [2.45, 2.75) is 6.42 Å². The average Bonchev–Trinajstić information content (AvgIpc) is 2.77. The SMILES string of the molecule is O=C(O)Cc1c(-c2ccc(Cl)cc2)[nH]c2ccc(Br)cc12. The highest BCUT2D eigenvalue weighted by Gasteiger charge is 2.16. The number of halogens is 2. The van der Waals surface area contributed by atoms with Gasteiger partial charge in [0.05, 0.1) is 12.1 Å². The minimum absolute atomic E-state index is 0.0333. The minimum atomic E-state index is -0.855. The summed E-state index contributed by atoms with van der Waals surface area (Å²) >= 11 is 9.34. The minimum Gasteiger partial charge on any atom is -0.481 e. The van der Waals surface area contributed by atoms with Crippen LogP contribution in [0.5, 0.6) is 0 Å². The van der Waals surface area contributed by atoms with Gasteiger partial charge in [-0.05, 0) is 41.5 Å². The molecule has 0 fully saturated rings. The van der Waals surface area contributed by atoms with Gasteiger partial charge in [0, 0.05) is 20.4 Å². The number of benzene rings is 2. The maximum absolute atomic E-state index is 11.2. The number of H-pyrrole nitrogens is 1. The molecule has 0 aliphatic rings. The molecule has 3 aromatic rings. The quantitative estimate of drug-likeness (QED) is 0.696. The van der Waals surface area contributed by atoms with Crippen molar-refractivity contribution < 1.29 is 9.90 Å². The first-order valence-corrected chi connectivity index (χ1v) is 7.49. The average molecular weight is 365 g/mol. The summed E-state index contributed by atoms with van der Waals surface area (Å²) in [6, 6.07) is 13.1. The summed E-state index contributed by atoms with van der Waals surface area (Å²) in [6.07, 6.45) is -0.0333. The third-order valence-corrected chi connectivity index (χ3v) is 4.07. The van der Waals surface area contributed by atoms with Crippen molar-refractivity contribution in [2.24, 2.45) is 0 Å². The monoisotopic (exact) mass is 363 g/mol. The van der Waals surface area contributed by atoms with E-state index in [0.29, 0.717) is 5.02 Å². The number of aromatic nitrogens is 1. The Morgan fingerprint density at radius 2 is 1.90 bits per heavy atom. The molecule has 106 valence electrons. The molecule has 0 spiro atoms. The number of aromatic amines is 1. The number of rotatable bonds is 3. The van der Waals surface area contributed by atoms with Crippen LogP contribution in [0.15, 0.2) is 46.9 Å². The Bertz CT molecular complexity index is 824. The normalized spacial score (nSPS) is 11.0. The van der Waals surface area contributed by atoms with Crippen molar-refractivity contribution in [3.05, 3.63) is 57.5 Å². The van der Waals surface area contributed by atoms with E-state index >= 15 is 0 Å². The number of carboxylic acid groups (broad SMARTS) is 1. The van der Waals surface area contributed by atoms with Gasteiger partial charge >= 0.3 is 5.97 Å². The summed E-state index contributed by atoms with van der Waals surface area (Å²) in [6.45, 7) is 0. The van der Waals surface area contributed by atoms with Gasteiger partial charge < -0.3 is 10.1 Å². The van der Waals surface area contributed by atoms with E-state index in [1.807, 2.05) is 30.3 Å². The topological polar surface area (TPSA) is 53.1 Å². The highest BCUT2D eigenvalue weighted by atomic mass is 79.9. The molecule has 5 heteroatoms. The summed E-state index contributed by atoms with van der Waals surface area (Å²) in [5, 5.41) is 10.7. The number of hydrogen-bond donors (Lipinski definition) is 2. The lowest BCUT2D eigenvalue weighted by molar-refractivity contribution is -0.136. The largest absolute Gasteiger partial charge is 0.481 e. The van der Waals surface area contributed by atoms with Crippen molar-refractivity contribution in [3.8, 4) is 11.3 Å². The summed E-state index contributed by atoms with van der Waals surface area (Å²) in [7, 11) is 0. The predicted molar refractivity (Wildman–Crippen MR) is 87.8 cm³/mol. The Kier molecular flexibility index (Phi) is 3.74. The molecule has 0 saturated heterocycles. The van der Waals surface area contributed by atoms with Gasteiger partial charge in [0.15, 0.2) is 0 Å². The molecule has 1 aromatic heterocycles. The zero-order valence-corrected chi connectivity index (χ0v) is 13.2. The van der Waals surface area contributed by atoms with E-state index in [1.165, 1.54) is 0 Å². The standard InChI is InChI=1S/C16H11BrClNO2/c17-10-3-6-14-12(7-10)13(8-15(20)21)16(19-14)9-1-4-11(18)5-2-9/h1-7,19H,8H2,(H,20,21). The Hall–Kier alpha value is -1.78. The fraction of sp³-hybridized carbons (Fsp3) is 0.0625. The van der Waals surface area contributed by atoms with Crippen LogP contribution < -0.4 is 0 Å². The second-order valence-electron chi connectivity index (χ2n) is 4.75. The predicted octanol–water partition coefficient (Wildman–Crippen LogP) is 4.88. The van der Waals surface area contributed by atoms with E-state index < -0.39 is 5.97 Å². The third kappa shape index (κ3) is 2.82.